The van der Waals surface area contributed by atoms with E-state index >= 15 is 0 Å². The normalized spacial score (nSPS) is 9.18. The number of phenols is 1. The van der Waals surface area contributed by atoms with E-state index in [0.29, 0.717) is 0 Å². The van der Waals surface area contributed by atoms with Crippen molar-refractivity contribution in [2.45, 2.75) is 0 Å². The number of carbonyl (C=O) groups is 1. The molecule has 0 unspecified atom stereocenters. The average molecular weight is 169 g/mol. The Morgan fingerprint density at radius 2 is 2.09 bits per heavy atom. The molecule has 0 heterocycles. The first-order valence-corrected chi connectivity index (χ1v) is 3.43. The van der Waals surface area contributed by atoms with Crippen molar-refractivity contribution in [2.24, 2.45) is 0 Å². The Balaban J connectivity index is 3.03. The highest BCUT2D eigenvalue weighted by Gasteiger charge is 2.06. The zero-order valence-electron chi connectivity index (χ0n) is 5.61. The van der Waals surface area contributed by atoms with Crippen LogP contribution >= 0.6 is 12.8 Å². The second-order valence-corrected chi connectivity index (χ2v) is 2.18. The molecule has 0 radical (unpaired) electrons. The van der Waals surface area contributed by atoms with Crippen LogP contribution in [0.1, 0.15) is 10.4 Å². The second-order valence-electron chi connectivity index (χ2n) is 1.96. The summed E-state index contributed by atoms with van der Waals surface area (Å²) in [4.78, 5) is 10.9. The predicted octanol–water partition coefficient (Wildman–Crippen LogP) is 0.967. The number of hydrogen-bond acceptors (Lipinski definition) is 3. The lowest BCUT2D eigenvalue weighted by molar-refractivity contribution is 0.0982. The summed E-state index contributed by atoms with van der Waals surface area (Å²) in [6.45, 7) is 0. The molecule has 4 heteroatoms. The van der Waals surface area contributed by atoms with E-state index in [0.717, 1.165) is 0 Å². The molecule has 0 aliphatic rings. The Morgan fingerprint density at radius 1 is 1.45 bits per heavy atom. The van der Waals surface area contributed by atoms with Gasteiger partial charge in [0.25, 0.3) is 5.91 Å². The molecule has 1 rings (SSSR count). The smallest absolute Gasteiger partial charge is 0.264 e. The molecular formula is C7H7NO2S. The molecule has 0 aliphatic heterocycles. The fourth-order valence-electron chi connectivity index (χ4n) is 0.726. The van der Waals surface area contributed by atoms with Crippen LogP contribution in [0.25, 0.3) is 0 Å². The van der Waals surface area contributed by atoms with Crippen molar-refractivity contribution < 1.29 is 9.90 Å². The molecule has 1 aromatic rings. The summed E-state index contributed by atoms with van der Waals surface area (Å²) >= 11 is 3.56. The van der Waals surface area contributed by atoms with Crippen LogP contribution in [-0.4, -0.2) is 11.0 Å². The largest absolute Gasteiger partial charge is 0.507 e. The summed E-state index contributed by atoms with van der Waals surface area (Å²) < 4.78 is 2.12. The van der Waals surface area contributed by atoms with Gasteiger partial charge in [-0.25, -0.2) is 0 Å². The Hall–Kier alpha value is -1.16. The van der Waals surface area contributed by atoms with Gasteiger partial charge < -0.3 is 5.11 Å². The summed E-state index contributed by atoms with van der Waals surface area (Å²) in [5.74, 6) is -0.453. The van der Waals surface area contributed by atoms with Gasteiger partial charge in [0.15, 0.2) is 0 Å². The van der Waals surface area contributed by atoms with E-state index in [1.54, 1.807) is 12.1 Å². The molecular weight excluding hydrogens is 162 g/mol. The summed E-state index contributed by atoms with van der Waals surface area (Å²) in [7, 11) is 0. The van der Waals surface area contributed by atoms with E-state index in [9.17, 15) is 4.79 Å². The topological polar surface area (TPSA) is 49.3 Å². The third-order valence-corrected chi connectivity index (χ3v) is 1.45. The maximum atomic E-state index is 10.9. The van der Waals surface area contributed by atoms with Crippen LogP contribution in [0.15, 0.2) is 24.3 Å². The van der Waals surface area contributed by atoms with E-state index in [4.69, 9.17) is 5.11 Å². The predicted molar refractivity (Wildman–Crippen MR) is 44.6 cm³/mol. The van der Waals surface area contributed by atoms with Gasteiger partial charge in [0.2, 0.25) is 0 Å². The number of amides is 1. The van der Waals surface area contributed by atoms with Gasteiger partial charge in [-0.05, 0) is 12.1 Å². The molecule has 3 nitrogen and oxygen atoms in total. The van der Waals surface area contributed by atoms with Crippen LogP contribution < -0.4 is 4.72 Å². The molecule has 0 saturated heterocycles. The van der Waals surface area contributed by atoms with Gasteiger partial charge in [-0.1, -0.05) is 24.9 Å². The highest BCUT2D eigenvalue weighted by molar-refractivity contribution is 7.78. The Bertz CT molecular complexity index is 275. The SMILES string of the molecule is O=C(NS)c1ccccc1O. The lowest BCUT2D eigenvalue weighted by atomic mass is 10.2. The van der Waals surface area contributed by atoms with Crippen molar-refractivity contribution in [1.29, 1.82) is 0 Å². The average Bonchev–Trinajstić information content (AvgIpc) is 2.04. The van der Waals surface area contributed by atoms with E-state index in [1.165, 1.54) is 12.1 Å². The van der Waals surface area contributed by atoms with Crippen molar-refractivity contribution >= 4 is 18.7 Å². The van der Waals surface area contributed by atoms with Gasteiger partial charge >= 0.3 is 0 Å². The molecule has 0 aromatic heterocycles. The Kier molecular flexibility index (Phi) is 2.38. The lowest BCUT2D eigenvalue weighted by Gasteiger charge is -1.99. The van der Waals surface area contributed by atoms with Crippen LogP contribution in [-0.2, 0) is 0 Å². The number of nitrogens with one attached hydrogen (secondary N) is 1. The molecule has 0 saturated carbocycles. The van der Waals surface area contributed by atoms with E-state index in [1.807, 2.05) is 0 Å². The minimum absolute atomic E-state index is 0.0425. The molecule has 58 valence electrons. The van der Waals surface area contributed by atoms with Crippen LogP contribution in [0.2, 0.25) is 0 Å². The first-order chi connectivity index (χ1) is 5.25. The van der Waals surface area contributed by atoms with Crippen molar-refractivity contribution in [2.75, 3.05) is 0 Å². The molecule has 1 aromatic carbocycles. The Labute approximate surface area is 69.6 Å². The number of aromatic hydroxyl groups is 1. The van der Waals surface area contributed by atoms with Crippen LogP contribution in [0.3, 0.4) is 0 Å². The highest BCUT2D eigenvalue weighted by Crippen LogP contribution is 2.14. The number of rotatable bonds is 1. The van der Waals surface area contributed by atoms with E-state index in [2.05, 4.69) is 17.5 Å². The van der Waals surface area contributed by atoms with Crippen molar-refractivity contribution in [3.8, 4) is 5.75 Å². The summed E-state index contributed by atoms with van der Waals surface area (Å²) in [5, 5.41) is 9.12. The van der Waals surface area contributed by atoms with Gasteiger partial charge in [-0.2, -0.15) is 0 Å². The van der Waals surface area contributed by atoms with Crippen LogP contribution in [0.4, 0.5) is 0 Å². The second kappa shape index (κ2) is 3.30. The van der Waals surface area contributed by atoms with Crippen molar-refractivity contribution in [3.05, 3.63) is 29.8 Å². The minimum atomic E-state index is -0.411. The minimum Gasteiger partial charge on any atom is -0.507 e. The van der Waals surface area contributed by atoms with Gasteiger partial charge in [0.05, 0.1) is 5.56 Å². The quantitative estimate of drug-likeness (QED) is 0.548. The summed E-state index contributed by atoms with van der Waals surface area (Å²) in [6, 6.07) is 6.27. The molecule has 0 spiro atoms. The number of phenolic OH excluding ortho intramolecular Hbond substituents is 1. The molecule has 2 N–H and O–H groups in total. The number of thiol groups is 1. The number of hydrogen-bond donors (Lipinski definition) is 3. The molecule has 0 aliphatic carbocycles. The molecule has 11 heavy (non-hydrogen) atoms. The fraction of sp³-hybridized carbons (Fsp3) is 0. The van der Waals surface area contributed by atoms with E-state index in [-0.39, 0.29) is 11.3 Å². The van der Waals surface area contributed by atoms with E-state index < -0.39 is 5.91 Å². The number of para-hydroxylation sites is 1. The van der Waals surface area contributed by atoms with Crippen molar-refractivity contribution in [1.82, 2.24) is 4.72 Å². The Morgan fingerprint density at radius 3 is 2.64 bits per heavy atom. The molecule has 0 bridgehead atoms. The first-order valence-electron chi connectivity index (χ1n) is 2.98. The van der Waals surface area contributed by atoms with Crippen molar-refractivity contribution in [3.63, 3.8) is 0 Å². The fourth-order valence-corrected chi connectivity index (χ4v) is 0.846. The third kappa shape index (κ3) is 1.65. The van der Waals surface area contributed by atoms with Gasteiger partial charge in [-0.15, -0.1) is 0 Å². The summed E-state index contributed by atoms with van der Waals surface area (Å²) in [6.07, 6.45) is 0. The first kappa shape index (κ1) is 7.94. The lowest BCUT2D eigenvalue weighted by Crippen LogP contribution is -2.12. The third-order valence-electron chi connectivity index (χ3n) is 1.25. The highest BCUT2D eigenvalue weighted by atomic mass is 32.1. The number of benzene rings is 1. The maximum absolute atomic E-state index is 10.9. The van der Waals surface area contributed by atoms with Gasteiger partial charge in [0.1, 0.15) is 5.75 Å². The standard InChI is InChI=1S/C7H7NO2S/c9-6-4-2-1-3-5(6)7(10)8-11/h1-4,9,11H,(H,8,10). The van der Waals surface area contributed by atoms with Crippen LogP contribution in [0.5, 0.6) is 5.75 Å². The summed E-state index contributed by atoms with van der Waals surface area (Å²) in [5.41, 5.74) is 0.225. The van der Waals surface area contributed by atoms with Gasteiger partial charge in [0, 0.05) is 0 Å². The zero-order chi connectivity index (χ0) is 8.27. The molecule has 0 atom stereocenters. The molecule has 1 amide bonds. The number of carbonyl (C=O) groups excluding carboxylic acids is 1. The molecule has 0 fully saturated rings. The monoisotopic (exact) mass is 169 g/mol. The van der Waals surface area contributed by atoms with Gasteiger partial charge in [-0.3, -0.25) is 9.52 Å². The zero-order valence-corrected chi connectivity index (χ0v) is 6.51. The van der Waals surface area contributed by atoms with Crippen LogP contribution in [0, 0.1) is 0 Å². The maximum Gasteiger partial charge on any atom is 0.264 e.